The monoisotopic (exact) mass is 310 g/mol. The molecule has 0 aromatic carbocycles. The van der Waals surface area contributed by atoms with Gasteiger partial charge < -0.3 is 10.1 Å². The summed E-state index contributed by atoms with van der Waals surface area (Å²) < 4.78 is 4.65. The number of anilines is 1. The Morgan fingerprint density at radius 1 is 1.40 bits per heavy atom. The zero-order valence-electron chi connectivity index (χ0n) is 10.8. The van der Waals surface area contributed by atoms with E-state index < -0.39 is 5.97 Å². The Labute approximate surface area is 124 Å². The summed E-state index contributed by atoms with van der Waals surface area (Å²) in [6, 6.07) is 4.73. The second-order valence-corrected chi connectivity index (χ2v) is 5.23. The summed E-state index contributed by atoms with van der Waals surface area (Å²) in [6.07, 6.45) is 0. The van der Waals surface area contributed by atoms with Crippen molar-refractivity contribution in [1.82, 2.24) is 4.98 Å². The van der Waals surface area contributed by atoms with Crippen molar-refractivity contribution in [2.45, 2.75) is 6.92 Å². The average molecular weight is 311 g/mol. The van der Waals surface area contributed by atoms with Crippen LogP contribution < -0.4 is 5.32 Å². The number of nitrogens with one attached hydrogen (secondary N) is 1. The average Bonchev–Trinajstić information content (AvgIpc) is 2.84. The van der Waals surface area contributed by atoms with E-state index in [4.69, 9.17) is 11.6 Å². The molecule has 20 heavy (non-hydrogen) atoms. The van der Waals surface area contributed by atoms with Gasteiger partial charge in [-0.25, -0.2) is 9.78 Å². The first-order valence-corrected chi connectivity index (χ1v) is 6.88. The van der Waals surface area contributed by atoms with Crippen LogP contribution in [0.1, 0.15) is 25.7 Å². The van der Waals surface area contributed by atoms with Gasteiger partial charge in [-0.1, -0.05) is 11.6 Å². The topological polar surface area (TPSA) is 68.3 Å². The van der Waals surface area contributed by atoms with Crippen LogP contribution in [0.2, 0.25) is 5.15 Å². The second-order valence-electron chi connectivity index (χ2n) is 3.93. The third-order valence-corrected chi connectivity index (χ3v) is 3.56. The molecular formula is C13H11ClN2O3S. The summed E-state index contributed by atoms with van der Waals surface area (Å²) in [7, 11) is 1.29. The van der Waals surface area contributed by atoms with Gasteiger partial charge in [0.05, 0.1) is 12.8 Å². The van der Waals surface area contributed by atoms with Crippen molar-refractivity contribution in [2.24, 2.45) is 0 Å². The lowest BCUT2D eigenvalue weighted by Gasteiger charge is -2.06. The maximum atomic E-state index is 12.1. The van der Waals surface area contributed by atoms with Crippen molar-refractivity contribution < 1.29 is 14.3 Å². The van der Waals surface area contributed by atoms with Gasteiger partial charge in [-0.3, -0.25) is 4.79 Å². The SMILES string of the molecule is COC(=O)c1sccc1NC(=O)c1cc(C)nc(Cl)c1. The molecule has 2 heterocycles. The predicted octanol–water partition coefficient (Wildman–Crippen LogP) is 3.14. The number of thiophene rings is 1. The standard InChI is InChI=1S/C13H11ClN2O3S/c1-7-5-8(6-10(14)15-7)12(17)16-9-3-4-20-11(9)13(18)19-2/h3-6H,1-2H3,(H,16,17). The summed E-state index contributed by atoms with van der Waals surface area (Å²) in [5, 5.41) is 4.61. The Hall–Kier alpha value is -1.92. The van der Waals surface area contributed by atoms with Crippen LogP contribution in [-0.4, -0.2) is 24.0 Å². The van der Waals surface area contributed by atoms with Gasteiger partial charge in [0.2, 0.25) is 0 Å². The first-order valence-electron chi connectivity index (χ1n) is 5.62. The van der Waals surface area contributed by atoms with Gasteiger partial charge in [0.25, 0.3) is 5.91 Å². The van der Waals surface area contributed by atoms with Gasteiger partial charge >= 0.3 is 5.97 Å². The van der Waals surface area contributed by atoms with Gasteiger partial charge in [-0.15, -0.1) is 11.3 Å². The lowest BCUT2D eigenvalue weighted by atomic mass is 10.2. The molecule has 0 atom stereocenters. The molecule has 0 fully saturated rings. The quantitative estimate of drug-likeness (QED) is 0.698. The Balaban J connectivity index is 2.24. The molecule has 5 nitrogen and oxygen atoms in total. The molecule has 0 aliphatic carbocycles. The maximum Gasteiger partial charge on any atom is 0.350 e. The number of rotatable bonds is 3. The number of esters is 1. The van der Waals surface area contributed by atoms with E-state index in [0.717, 1.165) is 0 Å². The predicted molar refractivity (Wildman–Crippen MR) is 77.6 cm³/mol. The van der Waals surface area contributed by atoms with E-state index in [1.807, 2.05) is 0 Å². The number of hydrogen-bond acceptors (Lipinski definition) is 5. The first kappa shape index (κ1) is 14.5. The highest BCUT2D eigenvalue weighted by atomic mass is 35.5. The van der Waals surface area contributed by atoms with Crippen LogP contribution in [0.25, 0.3) is 0 Å². The van der Waals surface area contributed by atoms with Crippen molar-refractivity contribution in [3.05, 3.63) is 44.9 Å². The molecule has 1 N–H and O–H groups in total. The fraction of sp³-hybridized carbons (Fsp3) is 0.154. The number of aromatic nitrogens is 1. The molecular weight excluding hydrogens is 300 g/mol. The van der Waals surface area contributed by atoms with Crippen LogP contribution in [0.4, 0.5) is 5.69 Å². The molecule has 0 aliphatic rings. The molecule has 0 aliphatic heterocycles. The third-order valence-electron chi connectivity index (χ3n) is 2.47. The highest BCUT2D eigenvalue weighted by Gasteiger charge is 2.16. The van der Waals surface area contributed by atoms with Crippen molar-refractivity contribution >= 4 is 40.5 Å². The number of methoxy groups -OCH3 is 1. The minimum absolute atomic E-state index is 0.244. The molecule has 7 heteroatoms. The fourth-order valence-electron chi connectivity index (χ4n) is 1.61. The number of nitrogens with zero attached hydrogens (tertiary/aromatic N) is 1. The van der Waals surface area contributed by atoms with E-state index in [-0.39, 0.29) is 11.1 Å². The van der Waals surface area contributed by atoms with Crippen LogP contribution in [0.5, 0.6) is 0 Å². The summed E-state index contributed by atoms with van der Waals surface area (Å²) in [4.78, 5) is 28.0. The van der Waals surface area contributed by atoms with Gasteiger partial charge in [0.15, 0.2) is 0 Å². The molecule has 0 spiro atoms. The smallest absolute Gasteiger partial charge is 0.350 e. The van der Waals surface area contributed by atoms with E-state index in [9.17, 15) is 9.59 Å². The normalized spacial score (nSPS) is 10.2. The van der Waals surface area contributed by atoms with Crippen molar-refractivity contribution in [2.75, 3.05) is 12.4 Å². The summed E-state index contributed by atoms with van der Waals surface area (Å²) >= 11 is 7.02. The molecule has 0 bridgehead atoms. The van der Waals surface area contributed by atoms with E-state index in [1.165, 1.54) is 24.5 Å². The molecule has 0 saturated heterocycles. The van der Waals surface area contributed by atoms with E-state index in [2.05, 4.69) is 15.0 Å². The molecule has 2 aromatic heterocycles. The summed E-state index contributed by atoms with van der Waals surface area (Å²) in [5.41, 5.74) is 1.43. The van der Waals surface area contributed by atoms with Crippen molar-refractivity contribution in [3.8, 4) is 0 Å². The number of pyridine rings is 1. The number of carbonyl (C=O) groups excluding carboxylic acids is 2. The van der Waals surface area contributed by atoms with Gasteiger partial charge in [-0.05, 0) is 30.5 Å². The van der Waals surface area contributed by atoms with Crippen LogP contribution in [0.15, 0.2) is 23.6 Å². The highest BCUT2D eigenvalue weighted by molar-refractivity contribution is 7.12. The zero-order valence-corrected chi connectivity index (χ0v) is 12.3. The molecule has 0 unspecified atom stereocenters. The van der Waals surface area contributed by atoms with E-state index >= 15 is 0 Å². The lowest BCUT2D eigenvalue weighted by Crippen LogP contribution is -2.14. The number of amides is 1. The third kappa shape index (κ3) is 3.15. The molecule has 0 saturated carbocycles. The summed E-state index contributed by atoms with van der Waals surface area (Å²) in [6.45, 7) is 1.74. The molecule has 104 valence electrons. The summed E-state index contributed by atoms with van der Waals surface area (Å²) in [5.74, 6) is -0.847. The molecule has 2 rings (SSSR count). The maximum absolute atomic E-state index is 12.1. The molecule has 2 aromatic rings. The number of hydrogen-bond donors (Lipinski definition) is 1. The highest BCUT2D eigenvalue weighted by Crippen LogP contribution is 2.24. The minimum atomic E-state index is -0.487. The number of ether oxygens (including phenoxy) is 1. The zero-order chi connectivity index (χ0) is 14.7. The van der Waals surface area contributed by atoms with Crippen LogP contribution in [0.3, 0.4) is 0 Å². The second kappa shape index (κ2) is 6.02. The van der Waals surface area contributed by atoms with E-state index in [1.54, 1.807) is 24.4 Å². The number of carbonyl (C=O) groups is 2. The van der Waals surface area contributed by atoms with Crippen LogP contribution in [0, 0.1) is 6.92 Å². The van der Waals surface area contributed by atoms with Crippen molar-refractivity contribution in [3.63, 3.8) is 0 Å². The minimum Gasteiger partial charge on any atom is -0.465 e. The Morgan fingerprint density at radius 2 is 2.15 bits per heavy atom. The molecule has 1 amide bonds. The largest absolute Gasteiger partial charge is 0.465 e. The number of halogens is 1. The Bertz CT molecular complexity index is 649. The van der Waals surface area contributed by atoms with Gasteiger partial charge in [0, 0.05) is 11.3 Å². The fourth-order valence-corrected chi connectivity index (χ4v) is 2.63. The van der Waals surface area contributed by atoms with Crippen molar-refractivity contribution in [1.29, 1.82) is 0 Å². The van der Waals surface area contributed by atoms with Crippen LogP contribution >= 0.6 is 22.9 Å². The lowest BCUT2D eigenvalue weighted by molar-refractivity contribution is 0.0607. The van der Waals surface area contributed by atoms with E-state index in [0.29, 0.717) is 21.8 Å². The first-order chi connectivity index (χ1) is 9.51. The number of aryl methyl sites for hydroxylation is 1. The van der Waals surface area contributed by atoms with Crippen LogP contribution in [-0.2, 0) is 4.74 Å². The Kier molecular flexibility index (Phi) is 4.36. The Morgan fingerprint density at radius 3 is 2.80 bits per heavy atom. The van der Waals surface area contributed by atoms with Gasteiger partial charge in [0.1, 0.15) is 10.0 Å². The van der Waals surface area contributed by atoms with Gasteiger partial charge in [-0.2, -0.15) is 0 Å². The molecule has 0 radical (unpaired) electrons.